The first-order valence-electron chi connectivity index (χ1n) is 11.9. The van der Waals surface area contributed by atoms with Gasteiger partial charge >= 0.3 is 0 Å². The number of hydrogen-bond donors (Lipinski definition) is 3. The summed E-state index contributed by atoms with van der Waals surface area (Å²) in [6.07, 6.45) is 3.44. The molecule has 3 N–H and O–H groups in total. The molecule has 1 atom stereocenters. The monoisotopic (exact) mass is 460 g/mol. The first-order valence-corrected chi connectivity index (χ1v) is 11.9. The number of aromatic amines is 1. The number of anilines is 1. The molecular formula is C24H28N8O2. The van der Waals surface area contributed by atoms with Gasteiger partial charge in [0.2, 0.25) is 11.4 Å². The van der Waals surface area contributed by atoms with Gasteiger partial charge in [-0.15, -0.1) is 0 Å². The molecule has 0 bridgehead atoms. The van der Waals surface area contributed by atoms with Crippen LogP contribution in [0.5, 0.6) is 0 Å². The number of likely N-dealkylation sites (N-methyl/N-ethyl adjacent to an activating group) is 1. The van der Waals surface area contributed by atoms with Gasteiger partial charge < -0.3 is 25.4 Å². The Morgan fingerprint density at radius 3 is 2.91 bits per heavy atom. The normalized spacial score (nSPS) is 19.8. The predicted octanol–water partition coefficient (Wildman–Crippen LogP) is 0.958. The van der Waals surface area contributed by atoms with E-state index >= 15 is 0 Å². The van der Waals surface area contributed by atoms with Crippen LogP contribution >= 0.6 is 0 Å². The Kier molecular flexibility index (Phi) is 5.19. The summed E-state index contributed by atoms with van der Waals surface area (Å²) in [6, 6.07) is 7.78. The highest BCUT2D eigenvalue weighted by atomic mass is 16.2. The highest BCUT2D eigenvalue weighted by molar-refractivity contribution is 6.05. The lowest BCUT2D eigenvalue weighted by Gasteiger charge is -2.20. The van der Waals surface area contributed by atoms with Crippen molar-refractivity contribution < 1.29 is 4.79 Å². The fraction of sp³-hybridized carbons (Fsp3) is 0.417. The van der Waals surface area contributed by atoms with Crippen LogP contribution in [0.15, 0.2) is 35.3 Å². The second kappa shape index (κ2) is 8.37. The van der Waals surface area contributed by atoms with Gasteiger partial charge in [0.25, 0.3) is 5.91 Å². The summed E-state index contributed by atoms with van der Waals surface area (Å²) in [5, 5.41) is 6.61. The fourth-order valence-electron chi connectivity index (χ4n) is 5.05. The number of nitrogens with zero attached hydrogens (tertiary/aromatic N) is 5. The van der Waals surface area contributed by atoms with E-state index in [1.807, 2.05) is 28.7 Å². The van der Waals surface area contributed by atoms with E-state index in [0.717, 1.165) is 56.6 Å². The number of hydrogen-bond acceptors (Lipinski definition) is 7. The number of carbonyl (C=O) groups excluding carboxylic acids is 1. The number of amides is 1. The van der Waals surface area contributed by atoms with Crippen molar-refractivity contribution in [2.45, 2.75) is 18.9 Å². The number of fused-ring (bicyclic) bond motifs is 5. The molecule has 5 heterocycles. The van der Waals surface area contributed by atoms with Gasteiger partial charge in [0, 0.05) is 38.4 Å². The number of benzene rings is 1. The summed E-state index contributed by atoms with van der Waals surface area (Å²) < 4.78 is 1.89. The maximum atomic E-state index is 13.6. The summed E-state index contributed by atoms with van der Waals surface area (Å²) >= 11 is 0. The second-order valence-corrected chi connectivity index (χ2v) is 9.24. The van der Waals surface area contributed by atoms with Crippen molar-refractivity contribution >= 4 is 39.6 Å². The molecule has 2 saturated heterocycles. The number of rotatable bonds is 3. The Labute approximate surface area is 196 Å². The van der Waals surface area contributed by atoms with Crippen molar-refractivity contribution in [1.29, 1.82) is 0 Å². The fourth-order valence-corrected chi connectivity index (χ4v) is 5.05. The standard InChI is InChI=1S/C24H28N8O2/c1-30-9-4-10-31(12-11-30)24-26-14-16-20(33)19(23(34)27-15-7-8-25-13-15)22-28-17-5-2-3-6-18(17)32(22)21(16)29-24/h2-3,5-6,14-15,25,28H,4,7-13H2,1H3,(H,27,34). The predicted molar refractivity (Wildman–Crippen MR) is 132 cm³/mol. The number of H-pyrrole nitrogens is 1. The molecule has 10 nitrogen and oxygen atoms in total. The number of pyridine rings is 1. The van der Waals surface area contributed by atoms with Crippen LogP contribution in [0.1, 0.15) is 23.2 Å². The van der Waals surface area contributed by atoms with Crippen molar-refractivity contribution in [3.05, 3.63) is 46.2 Å². The molecule has 176 valence electrons. The van der Waals surface area contributed by atoms with E-state index < -0.39 is 0 Å². The molecule has 6 rings (SSSR count). The van der Waals surface area contributed by atoms with Crippen molar-refractivity contribution in [3.8, 4) is 0 Å². The molecule has 2 aliphatic rings. The van der Waals surface area contributed by atoms with Gasteiger partial charge in [0.15, 0.2) is 5.65 Å². The number of aromatic nitrogens is 4. The lowest BCUT2D eigenvalue weighted by atomic mass is 10.1. The highest BCUT2D eigenvalue weighted by Crippen LogP contribution is 2.24. The van der Waals surface area contributed by atoms with Gasteiger partial charge in [-0.1, -0.05) is 12.1 Å². The SMILES string of the molecule is CN1CCCN(c2ncc3c(=O)c(C(=O)NC4CCNC4)c4[nH]c5ccccc5n4c3n2)CC1. The first kappa shape index (κ1) is 21.1. The topological polar surface area (TPSA) is 111 Å². The van der Waals surface area contributed by atoms with Gasteiger partial charge in [0.05, 0.1) is 16.4 Å². The van der Waals surface area contributed by atoms with E-state index in [4.69, 9.17) is 4.98 Å². The maximum Gasteiger partial charge on any atom is 0.259 e. The number of imidazole rings is 1. The van der Waals surface area contributed by atoms with E-state index in [9.17, 15) is 9.59 Å². The minimum absolute atomic E-state index is 0.00631. The average molecular weight is 461 g/mol. The molecule has 10 heteroatoms. The Morgan fingerprint density at radius 2 is 2.06 bits per heavy atom. The quantitative estimate of drug-likeness (QED) is 0.418. The van der Waals surface area contributed by atoms with Gasteiger partial charge in [-0.05, 0) is 45.1 Å². The molecule has 3 aromatic heterocycles. The van der Waals surface area contributed by atoms with Crippen molar-refractivity contribution in [1.82, 2.24) is 34.9 Å². The number of nitrogens with one attached hydrogen (secondary N) is 3. The minimum atomic E-state index is -0.371. The van der Waals surface area contributed by atoms with Crippen LogP contribution in [0.4, 0.5) is 5.95 Å². The lowest BCUT2D eigenvalue weighted by molar-refractivity contribution is 0.0940. The Balaban J connectivity index is 1.56. The summed E-state index contributed by atoms with van der Waals surface area (Å²) in [5.74, 6) is 0.236. The first-order chi connectivity index (χ1) is 16.6. The van der Waals surface area contributed by atoms with Gasteiger partial charge in [-0.25, -0.2) is 4.98 Å². The van der Waals surface area contributed by atoms with Gasteiger partial charge in [-0.2, -0.15) is 4.98 Å². The second-order valence-electron chi connectivity index (χ2n) is 9.24. The number of carbonyl (C=O) groups is 1. The minimum Gasteiger partial charge on any atom is -0.348 e. The van der Waals surface area contributed by atoms with Crippen LogP contribution in [0.2, 0.25) is 0 Å². The highest BCUT2D eigenvalue weighted by Gasteiger charge is 2.26. The third kappa shape index (κ3) is 3.50. The van der Waals surface area contributed by atoms with Crippen LogP contribution in [-0.4, -0.2) is 82.5 Å². The number of para-hydroxylation sites is 2. The Morgan fingerprint density at radius 1 is 1.18 bits per heavy atom. The van der Waals surface area contributed by atoms with E-state index in [2.05, 4.69) is 37.4 Å². The smallest absolute Gasteiger partial charge is 0.259 e. The molecule has 1 aromatic carbocycles. The zero-order valence-electron chi connectivity index (χ0n) is 19.2. The van der Waals surface area contributed by atoms with E-state index in [1.165, 1.54) is 0 Å². The molecule has 0 saturated carbocycles. The largest absolute Gasteiger partial charge is 0.348 e. The van der Waals surface area contributed by atoms with Crippen LogP contribution in [0, 0.1) is 0 Å². The third-order valence-electron chi connectivity index (χ3n) is 6.92. The van der Waals surface area contributed by atoms with E-state index in [0.29, 0.717) is 29.2 Å². The van der Waals surface area contributed by atoms with Gasteiger partial charge in [0.1, 0.15) is 11.2 Å². The molecule has 4 aromatic rings. The molecule has 34 heavy (non-hydrogen) atoms. The molecular weight excluding hydrogens is 432 g/mol. The lowest BCUT2D eigenvalue weighted by Crippen LogP contribution is -2.39. The van der Waals surface area contributed by atoms with Crippen LogP contribution < -0.4 is 21.0 Å². The molecule has 0 aliphatic carbocycles. The van der Waals surface area contributed by atoms with E-state index in [-0.39, 0.29) is 22.9 Å². The molecule has 2 aliphatic heterocycles. The van der Waals surface area contributed by atoms with Gasteiger partial charge in [-0.3, -0.25) is 14.0 Å². The van der Waals surface area contributed by atoms with Crippen molar-refractivity contribution in [2.24, 2.45) is 0 Å². The van der Waals surface area contributed by atoms with Crippen molar-refractivity contribution in [2.75, 3.05) is 51.2 Å². The third-order valence-corrected chi connectivity index (χ3v) is 6.92. The summed E-state index contributed by atoms with van der Waals surface area (Å²) in [5.41, 5.74) is 2.42. The molecule has 0 spiro atoms. The zero-order valence-corrected chi connectivity index (χ0v) is 19.2. The average Bonchev–Trinajstić information content (AvgIpc) is 3.42. The van der Waals surface area contributed by atoms with E-state index in [1.54, 1.807) is 6.20 Å². The molecule has 2 fully saturated rings. The molecule has 0 radical (unpaired) electrons. The zero-order chi connectivity index (χ0) is 23.2. The maximum absolute atomic E-state index is 13.6. The van der Waals surface area contributed by atoms with Crippen LogP contribution in [0.3, 0.4) is 0 Å². The summed E-state index contributed by atoms with van der Waals surface area (Å²) in [6.45, 7) is 5.20. The molecule has 1 unspecified atom stereocenters. The molecule has 1 amide bonds. The van der Waals surface area contributed by atoms with Crippen molar-refractivity contribution in [3.63, 3.8) is 0 Å². The Bertz CT molecular complexity index is 1450. The summed E-state index contributed by atoms with van der Waals surface area (Å²) in [7, 11) is 2.12. The van der Waals surface area contributed by atoms with Crippen LogP contribution in [0.25, 0.3) is 27.7 Å². The Hall–Kier alpha value is -3.50. The summed E-state index contributed by atoms with van der Waals surface area (Å²) in [4.78, 5) is 44.1. The van der Waals surface area contributed by atoms with Crippen LogP contribution in [-0.2, 0) is 0 Å².